The van der Waals surface area contributed by atoms with Crippen molar-refractivity contribution in [1.29, 1.82) is 0 Å². The molecule has 12 aromatic rings. The summed E-state index contributed by atoms with van der Waals surface area (Å²) >= 11 is 3.87. The van der Waals surface area contributed by atoms with E-state index >= 15 is 0 Å². The predicted octanol–water partition coefficient (Wildman–Crippen LogP) is 20.2. The Morgan fingerprint density at radius 3 is 1.10 bits per heavy atom. The predicted molar refractivity (Wildman–Crippen MR) is 301 cm³/mol. The van der Waals surface area contributed by atoms with Crippen molar-refractivity contribution in [3.63, 3.8) is 0 Å². The van der Waals surface area contributed by atoms with Crippen molar-refractivity contribution >= 4 is 129 Å². The maximum atomic E-state index is 2.56. The Bertz CT molecular complexity index is 3670. The van der Waals surface area contributed by atoms with Gasteiger partial charge < -0.3 is 9.80 Å². The van der Waals surface area contributed by atoms with Crippen LogP contribution in [0.25, 0.3) is 72.7 Å². The van der Waals surface area contributed by atoms with Crippen LogP contribution in [0.4, 0.5) is 34.1 Å². The maximum Gasteiger partial charge on any atom is 0.0640 e. The number of fused-ring (bicyclic) bond motifs is 6. The highest BCUT2D eigenvalue weighted by Crippen LogP contribution is 2.55. The van der Waals surface area contributed by atoms with E-state index in [1.165, 1.54) is 101 Å². The minimum Gasteiger partial charge on any atom is -0.308 e. The molecule has 334 valence electrons. The van der Waals surface area contributed by atoms with Crippen LogP contribution in [0.1, 0.15) is 79.0 Å². The van der Waals surface area contributed by atoms with Crippen LogP contribution in [-0.2, 0) is 16.2 Å². The molecule has 2 aromatic heterocycles. The summed E-state index contributed by atoms with van der Waals surface area (Å²) in [6.07, 6.45) is 0. The van der Waals surface area contributed by atoms with E-state index in [9.17, 15) is 0 Å². The van der Waals surface area contributed by atoms with Crippen molar-refractivity contribution in [2.75, 3.05) is 9.80 Å². The molecule has 0 atom stereocenters. The van der Waals surface area contributed by atoms with Crippen LogP contribution in [0.15, 0.2) is 176 Å². The molecular weight excluding hydrogens is 861 g/mol. The van der Waals surface area contributed by atoms with Crippen LogP contribution in [0.3, 0.4) is 0 Å². The van der Waals surface area contributed by atoms with Crippen molar-refractivity contribution in [2.24, 2.45) is 0 Å². The van der Waals surface area contributed by atoms with Crippen LogP contribution in [-0.4, -0.2) is 0 Å². The standard InChI is InChI=1S/C64H56N2S2/c1-62(2,3)41-36-39-32-34-48-54(65(42-20-12-10-13-21-42)52-30-18-26-46-44-24-16-28-50(63(4,5)6)58(44)67-60(46)52)38-55(49-35-33-40(37-41)56(39)57(48)49)66(43-22-14-11-15-23-43)53-31-19-27-47-45-25-17-29-51(64(7,8)9)59(45)68-61(47)53/h10-38H,1-9H3. The Labute approximate surface area is 408 Å². The second-order valence-electron chi connectivity index (χ2n) is 21.8. The average molecular weight is 917 g/mol. The molecule has 0 saturated carbocycles. The summed E-state index contributed by atoms with van der Waals surface area (Å²) < 4.78 is 5.30. The maximum absolute atomic E-state index is 2.56. The van der Waals surface area contributed by atoms with Crippen molar-refractivity contribution in [3.8, 4) is 0 Å². The number of nitrogens with zero attached hydrogens (tertiary/aromatic N) is 2. The minimum atomic E-state index is -0.0000225. The van der Waals surface area contributed by atoms with Crippen LogP contribution < -0.4 is 9.80 Å². The lowest BCUT2D eigenvalue weighted by molar-refractivity contribution is 0.591. The van der Waals surface area contributed by atoms with Crippen LogP contribution >= 0.6 is 22.7 Å². The van der Waals surface area contributed by atoms with Gasteiger partial charge in [0, 0.05) is 58.5 Å². The Morgan fingerprint density at radius 1 is 0.309 bits per heavy atom. The Balaban J connectivity index is 1.23. The van der Waals surface area contributed by atoms with Crippen LogP contribution in [0.2, 0.25) is 0 Å². The van der Waals surface area contributed by atoms with Crippen molar-refractivity contribution in [3.05, 3.63) is 193 Å². The molecule has 0 saturated heterocycles. The van der Waals surface area contributed by atoms with Gasteiger partial charge >= 0.3 is 0 Å². The first kappa shape index (κ1) is 42.6. The first-order valence-electron chi connectivity index (χ1n) is 24.0. The lowest BCUT2D eigenvalue weighted by atomic mass is 9.83. The third-order valence-corrected chi connectivity index (χ3v) is 16.7. The highest BCUT2D eigenvalue weighted by atomic mass is 32.1. The summed E-state index contributed by atoms with van der Waals surface area (Å²) in [4.78, 5) is 5.12. The number of benzene rings is 10. The van der Waals surface area contributed by atoms with Gasteiger partial charge in [-0.1, -0.05) is 196 Å². The van der Waals surface area contributed by atoms with E-state index in [0.717, 1.165) is 22.7 Å². The Kier molecular flexibility index (Phi) is 9.65. The summed E-state index contributed by atoms with van der Waals surface area (Å²) in [5, 5.41) is 12.8. The molecule has 4 heteroatoms. The fourth-order valence-electron chi connectivity index (χ4n) is 10.8. The highest BCUT2D eigenvalue weighted by Gasteiger charge is 2.29. The number of anilines is 6. The van der Waals surface area contributed by atoms with Gasteiger partial charge in [-0.05, 0) is 91.6 Å². The van der Waals surface area contributed by atoms with Gasteiger partial charge in [-0.3, -0.25) is 0 Å². The molecule has 0 amide bonds. The highest BCUT2D eigenvalue weighted by molar-refractivity contribution is 7.27. The molecule has 0 N–H and O–H groups in total. The van der Waals surface area contributed by atoms with E-state index in [1.54, 1.807) is 0 Å². The van der Waals surface area contributed by atoms with E-state index in [1.807, 2.05) is 22.7 Å². The number of hydrogen-bond donors (Lipinski definition) is 0. The average Bonchev–Trinajstić information content (AvgIpc) is 3.91. The molecule has 10 aromatic carbocycles. The first-order chi connectivity index (χ1) is 32.6. The van der Waals surface area contributed by atoms with E-state index in [2.05, 4.69) is 248 Å². The van der Waals surface area contributed by atoms with Gasteiger partial charge in [0.05, 0.1) is 32.1 Å². The van der Waals surface area contributed by atoms with Crippen molar-refractivity contribution in [2.45, 2.75) is 78.6 Å². The summed E-state index contributed by atoms with van der Waals surface area (Å²) in [6.45, 7) is 21.0. The fraction of sp³-hybridized carbons (Fsp3) is 0.188. The van der Waals surface area contributed by atoms with Gasteiger partial charge in [0.1, 0.15) is 0 Å². The number of thiophene rings is 2. The summed E-state index contributed by atoms with van der Waals surface area (Å²) in [7, 11) is 0. The molecule has 2 nitrogen and oxygen atoms in total. The third kappa shape index (κ3) is 6.71. The molecule has 0 spiro atoms. The van der Waals surface area contributed by atoms with Crippen molar-refractivity contribution < 1.29 is 0 Å². The minimum absolute atomic E-state index is 0.0000225. The zero-order chi connectivity index (χ0) is 46.9. The third-order valence-electron chi connectivity index (χ3n) is 14.2. The molecule has 68 heavy (non-hydrogen) atoms. The molecule has 0 fully saturated rings. The molecule has 0 unspecified atom stereocenters. The Hall–Kier alpha value is -6.72. The molecule has 0 aliphatic rings. The van der Waals surface area contributed by atoms with Crippen LogP contribution in [0.5, 0.6) is 0 Å². The van der Waals surface area contributed by atoms with E-state index in [4.69, 9.17) is 0 Å². The zero-order valence-electron chi connectivity index (χ0n) is 40.5. The molecule has 0 bridgehead atoms. The SMILES string of the molecule is CC(C)(C)c1cc2ccc3c(N(c4ccccc4)c4cccc5c4sc4c(C(C)(C)C)cccc45)cc(N(c4ccccc4)c4cccc5c4sc4c(C(C)(C)C)cccc45)c4ccc(c1)c2c34. The smallest absolute Gasteiger partial charge is 0.0640 e. The number of para-hydroxylation sites is 2. The van der Waals surface area contributed by atoms with Gasteiger partial charge in [0.25, 0.3) is 0 Å². The molecular formula is C64H56N2S2. The topological polar surface area (TPSA) is 6.48 Å². The van der Waals surface area contributed by atoms with E-state index in [0.29, 0.717) is 0 Å². The molecule has 2 heterocycles. The first-order valence-corrected chi connectivity index (χ1v) is 25.6. The van der Waals surface area contributed by atoms with Gasteiger partial charge in [-0.25, -0.2) is 0 Å². The molecule has 12 rings (SSSR count). The lowest BCUT2D eigenvalue weighted by Crippen LogP contribution is -2.15. The van der Waals surface area contributed by atoms with Crippen LogP contribution in [0, 0.1) is 0 Å². The molecule has 0 radical (unpaired) electrons. The van der Waals surface area contributed by atoms with Gasteiger partial charge in [0.15, 0.2) is 0 Å². The second kappa shape index (κ2) is 15.4. The lowest BCUT2D eigenvalue weighted by Gasteiger charge is -2.33. The van der Waals surface area contributed by atoms with E-state index < -0.39 is 0 Å². The second-order valence-corrected chi connectivity index (χ2v) is 23.8. The number of rotatable bonds is 6. The fourth-order valence-corrected chi connectivity index (χ4v) is 13.9. The monoisotopic (exact) mass is 916 g/mol. The summed E-state index contributed by atoms with van der Waals surface area (Å²) in [6, 6.07) is 66.7. The zero-order valence-corrected chi connectivity index (χ0v) is 42.1. The summed E-state index contributed by atoms with van der Waals surface area (Å²) in [5.41, 5.74) is 11.0. The molecule has 0 aliphatic heterocycles. The van der Waals surface area contributed by atoms with E-state index in [-0.39, 0.29) is 16.2 Å². The summed E-state index contributed by atoms with van der Waals surface area (Å²) in [5.74, 6) is 0. The van der Waals surface area contributed by atoms with Gasteiger partial charge in [-0.2, -0.15) is 0 Å². The van der Waals surface area contributed by atoms with Crippen molar-refractivity contribution in [1.82, 2.24) is 0 Å². The molecule has 0 aliphatic carbocycles. The van der Waals surface area contributed by atoms with Gasteiger partial charge in [-0.15, -0.1) is 22.7 Å². The normalized spacial score (nSPS) is 12.8. The number of hydrogen-bond acceptors (Lipinski definition) is 4. The Morgan fingerprint density at radius 2 is 0.706 bits per heavy atom. The van der Waals surface area contributed by atoms with Gasteiger partial charge in [0.2, 0.25) is 0 Å². The largest absolute Gasteiger partial charge is 0.308 e. The quantitative estimate of drug-likeness (QED) is 0.153.